The number of thiazole rings is 1. The molecule has 0 spiro atoms. The van der Waals surface area contributed by atoms with Gasteiger partial charge in [0, 0.05) is 18.5 Å². The molecular formula is C13H15N3O3S. The van der Waals surface area contributed by atoms with Crippen molar-refractivity contribution in [1.82, 2.24) is 10.3 Å². The Labute approximate surface area is 119 Å². The van der Waals surface area contributed by atoms with Gasteiger partial charge >= 0.3 is 5.97 Å². The van der Waals surface area contributed by atoms with E-state index in [9.17, 15) is 9.59 Å². The van der Waals surface area contributed by atoms with Gasteiger partial charge < -0.3 is 16.2 Å². The van der Waals surface area contributed by atoms with E-state index in [-0.39, 0.29) is 18.2 Å². The number of nitrogens with zero attached hydrogens (tertiary/aromatic N) is 1. The van der Waals surface area contributed by atoms with Gasteiger partial charge in [0.15, 0.2) is 5.13 Å². The number of rotatable bonds is 5. The fraction of sp³-hybridized carbons (Fsp3) is 0.308. The Hall–Kier alpha value is -2.15. The number of aliphatic carboxylic acids is 1. The molecule has 0 saturated heterocycles. The largest absolute Gasteiger partial charge is 0.481 e. The Morgan fingerprint density at radius 2 is 2.25 bits per heavy atom. The second-order valence-corrected chi connectivity index (χ2v) is 5.71. The highest BCUT2D eigenvalue weighted by Crippen LogP contribution is 2.24. The smallest absolute Gasteiger partial charge is 0.303 e. The third-order valence-corrected chi connectivity index (χ3v) is 3.65. The fourth-order valence-electron chi connectivity index (χ4n) is 1.82. The molecular weight excluding hydrogens is 278 g/mol. The van der Waals surface area contributed by atoms with E-state index in [2.05, 4.69) is 10.3 Å². The van der Waals surface area contributed by atoms with Crippen molar-refractivity contribution in [2.75, 3.05) is 12.3 Å². The molecule has 1 unspecified atom stereocenters. The minimum absolute atomic E-state index is 0.0324. The lowest BCUT2D eigenvalue weighted by Crippen LogP contribution is -2.29. The van der Waals surface area contributed by atoms with Crippen LogP contribution in [0.4, 0.5) is 5.13 Å². The third-order valence-electron chi connectivity index (χ3n) is 2.80. The lowest BCUT2D eigenvalue weighted by Gasteiger charge is -2.10. The molecule has 0 saturated carbocycles. The average Bonchev–Trinajstić information content (AvgIpc) is 2.74. The summed E-state index contributed by atoms with van der Waals surface area (Å²) in [5.41, 5.74) is 6.90. The standard InChI is InChI=1S/C13H15N3O3S/c1-7(4-11(17)18)6-15-12(19)8-2-3-9-10(5-8)20-13(14)16-9/h2-3,5,7H,4,6H2,1H3,(H2,14,16)(H,15,19)(H,17,18). The molecule has 1 heterocycles. The van der Waals surface area contributed by atoms with Gasteiger partial charge in [-0.15, -0.1) is 0 Å². The molecule has 6 nitrogen and oxygen atoms in total. The number of nitrogens with two attached hydrogens (primary N) is 1. The highest BCUT2D eigenvalue weighted by atomic mass is 32.1. The molecule has 7 heteroatoms. The van der Waals surface area contributed by atoms with Gasteiger partial charge in [-0.1, -0.05) is 18.3 Å². The third kappa shape index (κ3) is 3.45. The number of carbonyl (C=O) groups is 2. The number of anilines is 1. The summed E-state index contributed by atoms with van der Waals surface area (Å²) >= 11 is 1.33. The quantitative estimate of drug-likeness (QED) is 0.778. The molecule has 1 aromatic heterocycles. The van der Waals surface area contributed by atoms with Gasteiger partial charge in [-0.05, 0) is 24.1 Å². The van der Waals surface area contributed by atoms with Crippen LogP contribution in [0, 0.1) is 5.92 Å². The van der Waals surface area contributed by atoms with Gasteiger partial charge in [0.25, 0.3) is 5.91 Å². The van der Waals surface area contributed by atoms with E-state index < -0.39 is 5.97 Å². The Morgan fingerprint density at radius 1 is 1.50 bits per heavy atom. The van der Waals surface area contributed by atoms with Gasteiger partial charge in [0.2, 0.25) is 0 Å². The van der Waals surface area contributed by atoms with Crippen LogP contribution in [0.2, 0.25) is 0 Å². The summed E-state index contributed by atoms with van der Waals surface area (Å²) in [6.45, 7) is 2.11. The van der Waals surface area contributed by atoms with Crippen LogP contribution in [0.1, 0.15) is 23.7 Å². The second-order valence-electron chi connectivity index (χ2n) is 4.65. The first kappa shape index (κ1) is 14.3. The molecule has 1 atom stereocenters. The first-order valence-corrected chi connectivity index (χ1v) is 6.93. The molecule has 0 aliphatic carbocycles. The van der Waals surface area contributed by atoms with E-state index in [4.69, 9.17) is 10.8 Å². The van der Waals surface area contributed by atoms with E-state index in [1.54, 1.807) is 25.1 Å². The van der Waals surface area contributed by atoms with Crippen LogP contribution in [0.5, 0.6) is 0 Å². The molecule has 2 rings (SSSR count). The number of carbonyl (C=O) groups excluding carboxylic acids is 1. The molecule has 1 aromatic carbocycles. The summed E-state index contributed by atoms with van der Waals surface area (Å²) in [4.78, 5) is 26.6. The molecule has 0 radical (unpaired) electrons. The van der Waals surface area contributed by atoms with Crippen molar-refractivity contribution in [2.24, 2.45) is 5.92 Å². The van der Waals surface area contributed by atoms with Crippen LogP contribution in [0.3, 0.4) is 0 Å². The Kier molecular flexibility index (Phi) is 4.19. The zero-order valence-corrected chi connectivity index (χ0v) is 11.7. The minimum atomic E-state index is -0.867. The Morgan fingerprint density at radius 3 is 2.95 bits per heavy atom. The molecule has 0 fully saturated rings. The number of nitrogens with one attached hydrogen (secondary N) is 1. The zero-order chi connectivity index (χ0) is 14.7. The number of aromatic nitrogens is 1. The lowest BCUT2D eigenvalue weighted by atomic mass is 10.1. The lowest BCUT2D eigenvalue weighted by molar-refractivity contribution is -0.137. The number of carboxylic acids is 1. The van der Waals surface area contributed by atoms with Gasteiger partial charge in [-0.2, -0.15) is 0 Å². The van der Waals surface area contributed by atoms with Crippen molar-refractivity contribution in [3.8, 4) is 0 Å². The van der Waals surface area contributed by atoms with Crippen molar-refractivity contribution in [2.45, 2.75) is 13.3 Å². The second kappa shape index (κ2) is 5.87. The van der Waals surface area contributed by atoms with E-state index in [1.165, 1.54) is 11.3 Å². The minimum Gasteiger partial charge on any atom is -0.481 e. The summed E-state index contributed by atoms with van der Waals surface area (Å²) in [6.07, 6.45) is 0.0324. The van der Waals surface area contributed by atoms with Crippen LogP contribution in [0.15, 0.2) is 18.2 Å². The Balaban J connectivity index is 2.02. The van der Waals surface area contributed by atoms with Crippen LogP contribution in [-0.2, 0) is 4.79 Å². The normalized spacial score (nSPS) is 12.2. The maximum atomic E-state index is 12.0. The van der Waals surface area contributed by atoms with Crippen molar-refractivity contribution >= 4 is 38.6 Å². The van der Waals surface area contributed by atoms with Crippen molar-refractivity contribution < 1.29 is 14.7 Å². The van der Waals surface area contributed by atoms with E-state index in [0.29, 0.717) is 17.2 Å². The van der Waals surface area contributed by atoms with Crippen LogP contribution in [-0.4, -0.2) is 28.5 Å². The van der Waals surface area contributed by atoms with Crippen molar-refractivity contribution in [1.29, 1.82) is 0 Å². The predicted octanol–water partition coefficient (Wildman–Crippen LogP) is 1.72. The number of nitrogen functional groups attached to an aromatic ring is 1. The zero-order valence-electron chi connectivity index (χ0n) is 10.9. The summed E-state index contributed by atoms with van der Waals surface area (Å²) in [6, 6.07) is 5.16. The molecule has 0 aliphatic rings. The van der Waals surface area contributed by atoms with Crippen molar-refractivity contribution in [3.63, 3.8) is 0 Å². The number of fused-ring (bicyclic) bond motifs is 1. The highest BCUT2D eigenvalue weighted by Gasteiger charge is 2.12. The van der Waals surface area contributed by atoms with Gasteiger partial charge in [-0.3, -0.25) is 9.59 Å². The molecule has 1 amide bonds. The maximum absolute atomic E-state index is 12.0. The number of carboxylic acid groups (broad SMARTS) is 1. The summed E-state index contributed by atoms with van der Waals surface area (Å²) < 4.78 is 0.855. The molecule has 4 N–H and O–H groups in total. The molecule has 0 bridgehead atoms. The van der Waals surface area contributed by atoms with Crippen LogP contribution >= 0.6 is 11.3 Å². The Bertz CT molecular complexity index is 653. The van der Waals surface area contributed by atoms with Gasteiger partial charge in [0.05, 0.1) is 10.2 Å². The monoisotopic (exact) mass is 293 g/mol. The van der Waals surface area contributed by atoms with Crippen LogP contribution < -0.4 is 11.1 Å². The molecule has 0 aliphatic heterocycles. The SMILES string of the molecule is CC(CNC(=O)c1ccc2nc(N)sc2c1)CC(=O)O. The van der Waals surface area contributed by atoms with Crippen LogP contribution in [0.25, 0.3) is 10.2 Å². The number of amides is 1. The van der Waals surface area contributed by atoms with Gasteiger partial charge in [0.1, 0.15) is 0 Å². The van der Waals surface area contributed by atoms with E-state index in [0.717, 1.165) is 10.2 Å². The predicted molar refractivity (Wildman–Crippen MR) is 77.8 cm³/mol. The maximum Gasteiger partial charge on any atom is 0.303 e. The number of benzene rings is 1. The first-order valence-electron chi connectivity index (χ1n) is 6.11. The summed E-state index contributed by atoms with van der Waals surface area (Å²) in [5, 5.41) is 11.8. The fourth-order valence-corrected chi connectivity index (χ4v) is 2.60. The molecule has 2 aromatic rings. The number of hydrogen-bond acceptors (Lipinski definition) is 5. The average molecular weight is 293 g/mol. The van der Waals surface area contributed by atoms with Gasteiger partial charge in [-0.25, -0.2) is 4.98 Å². The number of hydrogen-bond donors (Lipinski definition) is 3. The highest BCUT2D eigenvalue weighted by molar-refractivity contribution is 7.22. The topological polar surface area (TPSA) is 105 Å². The van der Waals surface area contributed by atoms with E-state index >= 15 is 0 Å². The first-order chi connectivity index (χ1) is 9.45. The molecule has 106 valence electrons. The van der Waals surface area contributed by atoms with Crippen molar-refractivity contribution in [3.05, 3.63) is 23.8 Å². The summed E-state index contributed by atoms with van der Waals surface area (Å²) in [5.74, 6) is -1.20. The van der Waals surface area contributed by atoms with E-state index in [1.807, 2.05) is 0 Å². The summed E-state index contributed by atoms with van der Waals surface area (Å²) in [7, 11) is 0. The molecule has 20 heavy (non-hydrogen) atoms.